The van der Waals surface area contributed by atoms with Gasteiger partial charge in [-0.05, 0) is 37.1 Å². The van der Waals surface area contributed by atoms with Gasteiger partial charge in [-0.25, -0.2) is 13.8 Å². The number of anilines is 2. The molecule has 2 fully saturated rings. The van der Waals surface area contributed by atoms with Crippen molar-refractivity contribution in [3.63, 3.8) is 0 Å². The van der Waals surface area contributed by atoms with E-state index < -0.39 is 0 Å². The lowest BCUT2D eigenvalue weighted by Gasteiger charge is -2.43. The molecule has 128 valence electrons. The largest absolute Gasteiger partial charge is 0.352 e. The number of hydrogen-bond donors (Lipinski definition) is 1. The number of benzene rings is 1. The molecule has 0 atom stereocenters. The van der Waals surface area contributed by atoms with E-state index in [0.717, 1.165) is 38.3 Å². The lowest BCUT2D eigenvalue weighted by molar-refractivity contribution is 0.501. The fourth-order valence-electron chi connectivity index (χ4n) is 3.84. The second-order valence-electron chi connectivity index (χ2n) is 6.84. The molecule has 5 nitrogen and oxygen atoms in total. The third kappa shape index (κ3) is 2.26. The van der Waals surface area contributed by atoms with Gasteiger partial charge >= 0.3 is 0 Å². The Morgan fingerprint density at radius 1 is 1.08 bits per heavy atom. The topological polar surface area (TPSA) is 48.0 Å². The molecule has 0 bridgehead atoms. The molecular weight excluding hydrogens is 324 g/mol. The van der Waals surface area contributed by atoms with Gasteiger partial charge in [-0.15, -0.1) is 0 Å². The van der Waals surface area contributed by atoms with Crippen molar-refractivity contribution in [3.8, 4) is 0 Å². The van der Waals surface area contributed by atoms with Gasteiger partial charge in [-0.1, -0.05) is 6.07 Å². The quantitative estimate of drug-likeness (QED) is 0.778. The van der Waals surface area contributed by atoms with E-state index in [1.807, 2.05) is 6.07 Å². The van der Waals surface area contributed by atoms with Gasteiger partial charge in [-0.3, -0.25) is 5.10 Å². The Morgan fingerprint density at radius 3 is 2.72 bits per heavy atom. The maximum atomic E-state index is 14.3. The number of aromatic nitrogens is 3. The number of H-pyrrole nitrogens is 1. The minimum Gasteiger partial charge on any atom is -0.352 e. The molecule has 1 aromatic carbocycles. The lowest BCUT2D eigenvalue weighted by atomic mass is 10.1. The van der Waals surface area contributed by atoms with E-state index in [-0.39, 0.29) is 17.2 Å². The number of pyridine rings is 1. The second-order valence-corrected chi connectivity index (χ2v) is 6.84. The van der Waals surface area contributed by atoms with E-state index in [4.69, 9.17) is 0 Å². The van der Waals surface area contributed by atoms with Crippen LogP contribution in [0, 0.1) is 11.6 Å². The van der Waals surface area contributed by atoms with Crippen LogP contribution < -0.4 is 9.80 Å². The summed E-state index contributed by atoms with van der Waals surface area (Å²) in [6.07, 6.45) is 3.32. The maximum Gasteiger partial charge on any atom is 0.161 e. The molecule has 3 aromatic rings. The van der Waals surface area contributed by atoms with Crippen LogP contribution in [-0.4, -0.2) is 40.4 Å². The molecular formula is C18H17F2N5. The first-order valence-corrected chi connectivity index (χ1v) is 8.43. The first-order valence-electron chi connectivity index (χ1n) is 8.43. The predicted octanol–water partition coefficient (Wildman–Crippen LogP) is 3.10. The second kappa shape index (κ2) is 5.15. The Morgan fingerprint density at radius 2 is 1.96 bits per heavy atom. The van der Waals surface area contributed by atoms with Crippen LogP contribution in [0.4, 0.5) is 20.4 Å². The van der Waals surface area contributed by atoms with Crippen molar-refractivity contribution in [2.24, 2.45) is 0 Å². The smallest absolute Gasteiger partial charge is 0.161 e. The summed E-state index contributed by atoms with van der Waals surface area (Å²) >= 11 is 0. The number of hydrogen-bond acceptors (Lipinski definition) is 4. The molecule has 1 aliphatic heterocycles. The Balaban J connectivity index is 1.48. The highest BCUT2D eigenvalue weighted by molar-refractivity contribution is 5.91. The van der Waals surface area contributed by atoms with Gasteiger partial charge < -0.3 is 9.80 Å². The summed E-state index contributed by atoms with van der Waals surface area (Å²) in [5.74, 6) is 0.893. The average molecular weight is 341 g/mol. The fourth-order valence-corrected chi connectivity index (χ4v) is 3.84. The third-order valence-corrected chi connectivity index (χ3v) is 5.29. The maximum absolute atomic E-state index is 14.3. The molecule has 1 aliphatic carbocycles. The first-order chi connectivity index (χ1) is 12.2. The predicted molar refractivity (Wildman–Crippen MR) is 91.8 cm³/mol. The van der Waals surface area contributed by atoms with E-state index in [1.54, 1.807) is 12.1 Å². The lowest BCUT2D eigenvalue weighted by Crippen LogP contribution is -2.55. The summed E-state index contributed by atoms with van der Waals surface area (Å²) in [6.45, 7) is 2.25. The minimum absolute atomic E-state index is 0.0429. The summed E-state index contributed by atoms with van der Waals surface area (Å²) in [4.78, 5) is 8.60. The highest BCUT2D eigenvalue weighted by Crippen LogP contribution is 2.48. The summed E-state index contributed by atoms with van der Waals surface area (Å²) in [6, 6.07) is 8.15. The summed E-state index contributed by atoms with van der Waals surface area (Å²) in [5.41, 5.74) is 0.673. The highest BCUT2D eigenvalue weighted by atomic mass is 19.1. The third-order valence-electron chi connectivity index (χ3n) is 5.29. The standard InChI is InChI=1S/C18H17F2N5/c19-12-4-5-15(21-10-12)24-8-9-25(18(11-24)6-7-18)17-16-13(20)2-1-3-14(16)22-23-17/h1-5,10H,6-9,11H2,(H,22,23). The Hall–Kier alpha value is -2.70. The SMILES string of the molecule is Fc1ccc(N2CCN(c3n[nH]c4cccc(F)c34)C3(CC3)C2)nc1. The van der Waals surface area contributed by atoms with Crippen molar-refractivity contribution >= 4 is 22.5 Å². The van der Waals surface area contributed by atoms with Crippen LogP contribution in [-0.2, 0) is 0 Å². The van der Waals surface area contributed by atoms with Crippen LogP contribution in [0.15, 0.2) is 36.5 Å². The van der Waals surface area contributed by atoms with Crippen LogP contribution in [0.1, 0.15) is 12.8 Å². The van der Waals surface area contributed by atoms with Crippen LogP contribution in [0.3, 0.4) is 0 Å². The molecule has 1 N–H and O–H groups in total. The molecule has 0 amide bonds. The van der Waals surface area contributed by atoms with E-state index in [9.17, 15) is 8.78 Å². The monoisotopic (exact) mass is 341 g/mol. The highest BCUT2D eigenvalue weighted by Gasteiger charge is 2.52. The number of fused-ring (bicyclic) bond motifs is 1. The molecule has 0 unspecified atom stereocenters. The first kappa shape index (κ1) is 14.6. The zero-order valence-corrected chi connectivity index (χ0v) is 13.5. The molecule has 2 aromatic heterocycles. The molecule has 1 spiro atoms. The Labute approximate surface area is 143 Å². The molecule has 25 heavy (non-hydrogen) atoms. The van der Waals surface area contributed by atoms with Gasteiger partial charge in [-0.2, -0.15) is 5.10 Å². The van der Waals surface area contributed by atoms with E-state index >= 15 is 0 Å². The number of piperazine rings is 1. The molecule has 7 heteroatoms. The van der Waals surface area contributed by atoms with Crippen molar-refractivity contribution in [2.75, 3.05) is 29.4 Å². The van der Waals surface area contributed by atoms with Crippen LogP contribution in [0.2, 0.25) is 0 Å². The van der Waals surface area contributed by atoms with Crippen molar-refractivity contribution in [2.45, 2.75) is 18.4 Å². The Bertz CT molecular complexity index is 932. The number of rotatable bonds is 2. The molecule has 1 saturated heterocycles. The normalized spacial score (nSPS) is 19.0. The summed E-state index contributed by atoms with van der Waals surface area (Å²) in [7, 11) is 0. The van der Waals surface area contributed by atoms with E-state index in [1.165, 1.54) is 18.3 Å². The number of nitrogens with one attached hydrogen (secondary N) is 1. The summed E-state index contributed by atoms with van der Waals surface area (Å²) < 4.78 is 27.5. The van der Waals surface area contributed by atoms with E-state index in [0.29, 0.717) is 16.7 Å². The van der Waals surface area contributed by atoms with Crippen LogP contribution in [0.25, 0.3) is 10.9 Å². The van der Waals surface area contributed by atoms with Gasteiger partial charge in [0.05, 0.1) is 22.6 Å². The number of nitrogens with zero attached hydrogens (tertiary/aromatic N) is 4. The van der Waals surface area contributed by atoms with Crippen molar-refractivity contribution in [1.82, 2.24) is 15.2 Å². The van der Waals surface area contributed by atoms with Gasteiger partial charge in [0.15, 0.2) is 5.82 Å². The zero-order chi connectivity index (χ0) is 17.0. The fraction of sp³-hybridized carbons (Fsp3) is 0.333. The Kier molecular flexibility index (Phi) is 3.01. The average Bonchev–Trinajstić information content (AvgIpc) is 3.23. The number of aromatic amines is 1. The molecule has 3 heterocycles. The van der Waals surface area contributed by atoms with Gasteiger partial charge in [0.1, 0.15) is 17.5 Å². The van der Waals surface area contributed by atoms with Gasteiger partial charge in [0.2, 0.25) is 0 Å². The van der Waals surface area contributed by atoms with Crippen molar-refractivity contribution in [1.29, 1.82) is 0 Å². The molecule has 2 aliphatic rings. The molecule has 0 radical (unpaired) electrons. The van der Waals surface area contributed by atoms with Gasteiger partial charge in [0.25, 0.3) is 0 Å². The van der Waals surface area contributed by atoms with E-state index in [2.05, 4.69) is 25.0 Å². The summed E-state index contributed by atoms with van der Waals surface area (Å²) in [5, 5.41) is 7.90. The molecule has 1 saturated carbocycles. The van der Waals surface area contributed by atoms with Crippen LogP contribution >= 0.6 is 0 Å². The number of halogens is 2. The van der Waals surface area contributed by atoms with Crippen molar-refractivity contribution < 1.29 is 8.78 Å². The minimum atomic E-state index is -0.331. The zero-order valence-electron chi connectivity index (χ0n) is 13.5. The van der Waals surface area contributed by atoms with Gasteiger partial charge in [0, 0.05) is 19.6 Å². The van der Waals surface area contributed by atoms with Crippen LogP contribution in [0.5, 0.6) is 0 Å². The van der Waals surface area contributed by atoms with Crippen molar-refractivity contribution in [3.05, 3.63) is 48.2 Å². The molecule has 5 rings (SSSR count).